The Balaban J connectivity index is 2.30. The van der Waals surface area contributed by atoms with Gasteiger partial charge < -0.3 is 4.74 Å². The molecule has 0 aliphatic carbocycles. The molecule has 0 atom stereocenters. The number of rotatable bonds is 1. The molecule has 0 aromatic rings. The van der Waals surface area contributed by atoms with E-state index in [9.17, 15) is 4.79 Å². The van der Waals surface area contributed by atoms with E-state index in [1.165, 1.54) is 5.06 Å². The topological polar surface area (TPSA) is 38.8 Å². The van der Waals surface area contributed by atoms with E-state index in [4.69, 9.17) is 9.57 Å². The number of amides is 1. The third-order valence-corrected chi connectivity index (χ3v) is 1.54. The maximum Gasteiger partial charge on any atom is 0.434 e. The van der Waals surface area contributed by atoms with E-state index in [0.29, 0.717) is 13.2 Å². The van der Waals surface area contributed by atoms with Crippen molar-refractivity contribution in [1.29, 1.82) is 0 Å². The van der Waals surface area contributed by atoms with Crippen molar-refractivity contribution in [3.05, 3.63) is 0 Å². The SMILES string of the molecule is CC(C)OC(=O)N1CCCCO1. The molecule has 0 aromatic heterocycles. The minimum atomic E-state index is -0.371. The van der Waals surface area contributed by atoms with Gasteiger partial charge >= 0.3 is 6.09 Å². The van der Waals surface area contributed by atoms with Gasteiger partial charge in [0.15, 0.2) is 0 Å². The van der Waals surface area contributed by atoms with Gasteiger partial charge in [-0.2, -0.15) is 5.06 Å². The predicted molar refractivity (Wildman–Crippen MR) is 43.5 cm³/mol. The molecular formula is C8H15NO3. The van der Waals surface area contributed by atoms with Crippen LogP contribution in [0, 0.1) is 0 Å². The molecule has 1 heterocycles. The van der Waals surface area contributed by atoms with Gasteiger partial charge in [0.2, 0.25) is 0 Å². The highest BCUT2D eigenvalue weighted by Gasteiger charge is 2.19. The van der Waals surface area contributed by atoms with Crippen molar-refractivity contribution >= 4 is 6.09 Å². The summed E-state index contributed by atoms with van der Waals surface area (Å²) in [5, 5.41) is 1.30. The molecular weight excluding hydrogens is 158 g/mol. The third kappa shape index (κ3) is 2.70. The number of carbonyl (C=O) groups excluding carboxylic acids is 1. The molecule has 4 nitrogen and oxygen atoms in total. The molecule has 0 spiro atoms. The van der Waals surface area contributed by atoms with E-state index in [-0.39, 0.29) is 12.2 Å². The molecule has 70 valence electrons. The zero-order valence-electron chi connectivity index (χ0n) is 7.58. The van der Waals surface area contributed by atoms with Crippen LogP contribution in [-0.2, 0) is 9.57 Å². The third-order valence-electron chi connectivity index (χ3n) is 1.54. The van der Waals surface area contributed by atoms with Crippen molar-refractivity contribution in [2.24, 2.45) is 0 Å². The molecule has 0 aromatic carbocycles. The van der Waals surface area contributed by atoms with Crippen molar-refractivity contribution in [2.45, 2.75) is 32.8 Å². The molecule has 0 N–H and O–H groups in total. The van der Waals surface area contributed by atoms with Crippen LogP contribution < -0.4 is 0 Å². The molecule has 1 fully saturated rings. The molecule has 0 bridgehead atoms. The Bertz CT molecular complexity index is 152. The lowest BCUT2D eigenvalue weighted by Crippen LogP contribution is -2.37. The lowest BCUT2D eigenvalue weighted by atomic mass is 10.3. The zero-order chi connectivity index (χ0) is 8.97. The summed E-state index contributed by atoms with van der Waals surface area (Å²) >= 11 is 0. The van der Waals surface area contributed by atoms with Gasteiger partial charge in [0, 0.05) is 0 Å². The second-order valence-corrected chi connectivity index (χ2v) is 3.07. The van der Waals surface area contributed by atoms with E-state index in [0.717, 1.165) is 12.8 Å². The first kappa shape index (κ1) is 9.32. The number of hydrogen-bond acceptors (Lipinski definition) is 3. The molecule has 0 saturated carbocycles. The Morgan fingerprint density at radius 3 is 2.75 bits per heavy atom. The second-order valence-electron chi connectivity index (χ2n) is 3.07. The zero-order valence-corrected chi connectivity index (χ0v) is 7.58. The minimum absolute atomic E-state index is 0.0805. The van der Waals surface area contributed by atoms with Gasteiger partial charge in [-0.1, -0.05) is 0 Å². The maximum absolute atomic E-state index is 11.2. The summed E-state index contributed by atoms with van der Waals surface area (Å²) in [5.41, 5.74) is 0. The van der Waals surface area contributed by atoms with Crippen LogP contribution in [0.3, 0.4) is 0 Å². The summed E-state index contributed by atoms with van der Waals surface area (Å²) in [7, 11) is 0. The normalized spacial score (nSPS) is 18.1. The van der Waals surface area contributed by atoms with E-state index in [1.807, 2.05) is 13.8 Å². The van der Waals surface area contributed by atoms with Crippen LogP contribution in [0.1, 0.15) is 26.7 Å². The highest BCUT2D eigenvalue weighted by Crippen LogP contribution is 2.08. The van der Waals surface area contributed by atoms with Crippen molar-refractivity contribution < 1.29 is 14.4 Å². The minimum Gasteiger partial charge on any atom is -0.445 e. The summed E-state index contributed by atoms with van der Waals surface area (Å²) in [6.07, 6.45) is 1.56. The van der Waals surface area contributed by atoms with Crippen LogP contribution in [0.25, 0.3) is 0 Å². The largest absolute Gasteiger partial charge is 0.445 e. The monoisotopic (exact) mass is 173 g/mol. The van der Waals surface area contributed by atoms with Crippen molar-refractivity contribution in [2.75, 3.05) is 13.2 Å². The van der Waals surface area contributed by atoms with Crippen LogP contribution in [-0.4, -0.2) is 30.4 Å². The Morgan fingerprint density at radius 2 is 2.25 bits per heavy atom. The molecule has 0 unspecified atom stereocenters. The van der Waals surface area contributed by atoms with Gasteiger partial charge in [-0.15, -0.1) is 0 Å². The van der Waals surface area contributed by atoms with Crippen molar-refractivity contribution in [1.82, 2.24) is 5.06 Å². The molecule has 4 heteroatoms. The first-order valence-corrected chi connectivity index (χ1v) is 4.31. The molecule has 1 rings (SSSR count). The number of hydrogen-bond donors (Lipinski definition) is 0. The average Bonchev–Trinajstić information content (AvgIpc) is 2.05. The van der Waals surface area contributed by atoms with E-state index in [2.05, 4.69) is 0 Å². The number of ether oxygens (including phenoxy) is 1. The summed E-state index contributed by atoms with van der Waals surface area (Å²) in [6.45, 7) is 4.91. The lowest BCUT2D eigenvalue weighted by Gasteiger charge is -2.25. The van der Waals surface area contributed by atoms with Crippen LogP contribution in [0.5, 0.6) is 0 Å². The first-order chi connectivity index (χ1) is 5.70. The molecule has 1 amide bonds. The fourth-order valence-corrected chi connectivity index (χ4v) is 1.00. The van der Waals surface area contributed by atoms with Gasteiger partial charge in [-0.05, 0) is 26.7 Å². The van der Waals surface area contributed by atoms with Crippen molar-refractivity contribution in [3.63, 3.8) is 0 Å². The Kier molecular flexibility index (Phi) is 3.34. The van der Waals surface area contributed by atoms with Gasteiger partial charge in [0.05, 0.1) is 19.3 Å². The molecule has 12 heavy (non-hydrogen) atoms. The molecule has 1 aliphatic rings. The fraction of sp³-hybridized carbons (Fsp3) is 0.875. The highest BCUT2D eigenvalue weighted by atomic mass is 16.7. The number of nitrogens with zero attached hydrogens (tertiary/aromatic N) is 1. The van der Waals surface area contributed by atoms with Gasteiger partial charge in [-0.25, -0.2) is 4.79 Å². The number of carbonyl (C=O) groups is 1. The smallest absolute Gasteiger partial charge is 0.434 e. The van der Waals surface area contributed by atoms with Crippen LogP contribution in [0.15, 0.2) is 0 Å². The fourth-order valence-electron chi connectivity index (χ4n) is 1.00. The predicted octanol–water partition coefficient (Wildman–Crippen LogP) is 1.56. The maximum atomic E-state index is 11.2. The standard InChI is InChI=1S/C8H15NO3/c1-7(2)12-8(10)9-5-3-4-6-11-9/h7H,3-6H2,1-2H3. The van der Waals surface area contributed by atoms with E-state index in [1.54, 1.807) is 0 Å². The summed E-state index contributed by atoms with van der Waals surface area (Å²) in [5.74, 6) is 0. The Morgan fingerprint density at radius 1 is 1.50 bits per heavy atom. The first-order valence-electron chi connectivity index (χ1n) is 4.31. The van der Waals surface area contributed by atoms with E-state index < -0.39 is 0 Å². The molecule has 1 saturated heterocycles. The number of hydroxylamine groups is 2. The van der Waals surface area contributed by atoms with Gasteiger partial charge in [0.1, 0.15) is 0 Å². The van der Waals surface area contributed by atoms with Crippen LogP contribution >= 0.6 is 0 Å². The molecule has 1 aliphatic heterocycles. The summed E-state index contributed by atoms with van der Waals surface area (Å²) < 4.78 is 4.95. The quantitative estimate of drug-likeness (QED) is 0.604. The van der Waals surface area contributed by atoms with Gasteiger partial charge in [0.25, 0.3) is 0 Å². The van der Waals surface area contributed by atoms with Gasteiger partial charge in [-0.3, -0.25) is 4.84 Å². The molecule has 0 radical (unpaired) electrons. The van der Waals surface area contributed by atoms with Crippen LogP contribution in [0.2, 0.25) is 0 Å². The second kappa shape index (κ2) is 4.30. The average molecular weight is 173 g/mol. The lowest BCUT2D eigenvalue weighted by molar-refractivity contribution is -0.159. The van der Waals surface area contributed by atoms with E-state index >= 15 is 0 Å². The Hall–Kier alpha value is -0.770. The highest BCUT2D eigenvalue weighted by molar-refractivity contribution is 5.66. The van der Waals surface area contributed by atoms with Crippen LogP contribution in [0.4, 0.5) is 4.79 Å². The summed E-state index contributed by atoms with van der Waals surface area (Å²) in [4.78, 5) is 16.3. The van der Waals surface area contributed by atoms with Crippen molar-refractivity contribution in [3.8, 4) is 0 Å². The Labute approximate surface area is 72.4 Å². The summed E-state index contributed by atoms with van der Waals surface area (Å²) in [6, 6.07) is 0.